The highest BCUT2D eigenvalue weighted by Gasteiger charge is 2.11. The predicted molar refractivity (Wildman–Crippen MR) is 55.2 cm³/mol. The molecule has 0 aromatic heterocycles. The summed E-state index contributed by atoms with van der Waals surface area (Å²) in [6.07, 6.45) is 0.748. The minimum atomic E-state index is -0.212. The van der Waals surface area contributed by atoms with Gasteiger partial charge in [-0.05, 0) is 20.8 Å². The Kier molecular flexibility index (Phi) is 6.49. The normalized spacial score (nSPS) is 11.4. The molecule has 1 N–H and O–H groups in total. The van der Waals surface area contributed by atoms with Gasteiger partial charge in [0.2, 0.25) is 0 Å². The number of carbonyl (C=O) groups is 1. The van der Waals surface area contributed by atoms with Crippen molar-refractivity contribution in [2.45, 2.75) is 32.7 Å². The van der Waals surface area contributed by atoms with E-state index in [1.807, 2.05) is 20.8 Å². The fourth-order valence-corrected chi connectivity index (χ4v) is 0.778. The molecule has 84 valence electrons. The lowest BCUT2D eigenvalue weighted by atomic mass is 10.1. The fourth-order valence-electron chi connectivity index (χ4n) is 0.778. The van der Waals surface area contributed by atoms with Gasteiger partial charge in [0.15, 0.2) is 0 Å². The van der Waals surface area contributed by atoms with Crippen LogP contribution in [-0.4, -0.2) is 38.4 Å². The topological polar surface area (TPSA) is 47.6 Å². The first-order chi connectivity index (χ1) is 6.45. The largest absolute Gasteiger partial charge is 0.465 e. The van der Waals surface area contributed by atoms with E-state index in [0.717, 1.165) is 6.42 Å². The molecule has 0 atom stereocenters. The van der Waals surface area contributed by atoms with Crippen molar-refractivity contribution in [2.75, 3.05) is 26.9 Å². The SMILES string of the molecule is COCCCOC(=O)CNC(C)(C)C. The van der Waals surface area contributed by atoms with E-state index in [1.165, 1.54) is 0 Å². The number of methoxy groups -OCH3 is 1. The van der Waals surface area contributed by atoms with Crippen molar-refractivity contribution in [3.8, 4) is 0 Å². The molecule has 0 unspecified atom stereocenters. The molecule has 0 saturated carbocycles. The lowest BCUT2D eigenvalue weighted by Crippen LogP contribution is -2.40. The molecule has 0 aliphatic carbocycles. The number of hydrogen-bond donors (Lipinski definition) is 1. The molecule has 0 radical (unpaired) electrons. The van der Waals surface area contributed by atoms with E-state index in [0.29, 0.717) is 13.2 Å². The first-order valence-electron chi connectivity index (χ1n) is 4.85. The molecule has 0 heterocycles. The summed E-state index contributed by atoms with van der Waals surface area (Å²) in [5.74, 6) is -0.212. The maximum absolute atomic E-state index is 11.1. The van der Waals surface area contributed by atoms with Crippen molar-refractivity contribution < 1.29 is 14.3 Å². The number of ether oxygens (including phenoxy) is 2. The summed E-state index contributed by atoms with van der Waals surface area (Å²) in [6.45, 7) is 7.33. The highest BCUT2D eigenvalue weighted by molar-refractivity contribution is 5.71. The summed E-state index contributed by atoms with van der Waals surface area (Å²) in [7, 11) is 1.63. The third kappa shape index (κ3) is 9.48. The van der Waals surface area contributed by atoms with Crippen LogP contribution in [0.5, 0.6) is 0 Å². The van der Waals surface area contributed by atoms with Crippen molar-refractivity contribution in [1.82, 2.24) is 5.32 Å². The maximum Gasteiger partial charge on any atom is 0.319 e. The Morgan fingerprint density at radius 1 is 1.29 bits per heavy atom. The van der Waals surface area contributed by atoms with Crippen LogP contribution in [0.4, 0.5) is 0 Å². The lowest BCUT2D eigenvalue weighted by Gasteiger charge is -2.19. The Balaban J connectivity index is 3.38. The van der Waals surface area contributed by atoms with Crippen LogP contribution in [0.1, 0.15) is 27.2 Å². The molecule has 0 aromatic rings. The standard InChI is InChI=1S/C10H21NO3/c1-10(2,3)11-8-9(12)14-7-5-6-13-4/h11H,5-8H2,1-4H3. The van der Waals surface area contributed by atoms with Gasteiger partial charge in [-0.25, -0.2) is 0 Å². The lowest BCUT2D eigenvalue weighted by molar-refractivity contribution is -0.143. The fraction of sp³-hybridized carbons (Fsp3) is 0.900. The minimum Gasteiger partial charge on any atom is -0.465 e. The zero-order valence-electron chi connectivity index (χ0n) is 9.55. The summed E-state index contributed by atoms with van der Waals surface area (Å²) >= 11 is 0. The van der Waals surface area contributed by atoms with Crippen LogP contribution in [0, 0.1) is 0 Å². The first-order valence-corrected chi connectivity index (χ1v) is 4.85. The predicted octanol–water partition coefficient (Wildman–Crippen LogP) is 0.954. The van der Waals surface area contributed by atoms with E-state index in [-0.39, 0.29) is 18.1 Å². The summed E-state index contributed by atoms with van der Waals surface area (Å²) in [5.41, 5.74) is -0.0500. The maximum atomic E-state index is 11.1. The van der Waals surface area contributed by atoms with Crippen molar-refractivity contribution in [1.29, 1.82) is 0 Å². The Morgan fingerprint density at radius 2 is 1.93 bits per heavy atom. The van der Waals surface area contributed by atoms with E-state index < -0.39 is 0 Å². The molecule has 0 fully saturated rings. The van der Waals surface area contributed by atoms with E-state index in [9.17, 15) is 4.79 Å². The highest BCUT2D eigenvalue weighted by atomic mass is 16.5. The van der Waals surface area contributed by atoms with Crippen LogP contribution < -0.4 is 5.32 Å². The third-order valence-corrected chi connectivity index (χ3v) is 1.52. The van der Waals surface area contributed by atoms with Gasteiger partial charge in [-0.1, -0.05) is 0 Å². The molecule has 4 nitrogen and oxygen atoms in total. The Bertz CT molecular complexity index is 163. The molecule has 0 aliphatic rings. The quantitative estimate of drug-likeness (QED) is 0.516. The van der Waals surface area contributed by atoms with Gasteiger partial charge in [0.1, 0.15) is 0 Å². The van der Waals surface area contributed by atoms with Gasteiger partial charge in [0.05, 0.1) is 13.2 Å². The molecular weight excluding hydrogens is 182 g/mol. The zero-order valence-corrected chi connectivity index (χ0v) is 9.55. The van der Waals surface area contributed by atoms with E-state index in [2.05, 4.69) is 5.32 Å². The molecule has 0 saturated heterocycles. The van der Waals surface area contributed by atoms with Crippen LogP contribution in [0.3, 0.4) is 0 Å². The van der Waals surface area contributed by atoms with Crippen molar-refractivity contribution in [3.63, 3.8) is 0 Å². The molecule has 0 aromatic carbocycles. The molecular formula is C10H21NO3. The van der Waals surface area contributed by atoms with Crippen LogP contribution in [0.15, 0.2) is 0 Å². The van der Waals surface area contributed by atoms with Gasteiger partial charge in [-0.15, -0.1) is 0 Å². The monoisotopic (exact) mass is 203 g/mol. The van der Waals surface area contributed by atoms with Gasteiger partial charge in [-0.3, -0.25) is 4.79 Å². The molecule has 14 heavy (non-hydrogen) atoms. The number of carbonyl (C=O) groups excluding carboxylic acids is 1. The number of esters is 1. The van der Waals surface area contributed by atoms with Crippen molar-refractivity contribution >= 4 is 5.97 Å². The first kappa shape index (κ1) is 13.4. The average Bonchev–Trinajstić information content (AvgIpc) is 2.08. The van der Waals surface area contributed by atoms with Crippen LogP contribution >= 0.6 is 0 Å². The summed E-state index contributed by atoms with van der Waals surface area (Å²) in [4.78, 5) is 11.1. The van der Waals surface area contributed by atoms with Crippen LogP contribution in [-0.2, 0) is 14.3 Å². The van der Waals surface area contributed by atoms with E-state index in [1.54, 1.807) is 7.11 Å². The van der Waals surface area contributed by atoms with Crippen LogP contribution in [0.2, 0.25) is 0 Å². The van der Waals surface area contributed by atoms with Gasteiger partial charge in [0, 0.05) is 25.7 Å². The van der Waals surface area contributed by atoms with E-state index in [4.69, 9.17) is 9.47 Å². The molecule has 0 amide bonds. The summed E-state index contributed by atoms with van der Waals surface area (Å²) in [5, 5.41) is 3.06. The van der Waals surface area contributed by atoms with E-state index >= 15 is 0 Å². The summed E-state index contributed by atoms with van der Waals surface area (Å²) in [6, 6.07) is 0. The van der Waals surface area contributed by atoms with Crippen LogP contribution in [0.25, 0.3) is 0 Å². The van der Waals surface area contributed by atoms with Gasteiger partial charge in [0.25, 0.3) is 0 Å². The summed E-state index contributed by atoms with van der Waals surface area (Å²) < 4.78 is 9.79. The third-order valence-electron chi connectivity index (χ3n) is 1.52. The zero-order chi connectivity index (χ0) is 11.0. The Labute approximate surface area is 86.0 Å². The molecule has 0 aliphatic heterocycles. The smallest absolute Gasteiger partial charge is 0.319 e. The Morgan fingerprint density at radius 3 is 2.43 bits per heavy atom. The minimum absolute atomic E-state index is 0.0500. The van der Waals surface area contributed by atoms with Gasteiger partial charge in [-0.2, -0.15) is 0 Å². The van der Waals surface area contributed by atoms with Gasteiger partial charge >= 0.3 is 5.97 Å². The number of rotatable bonds is 6. The molecule has 0 rings (SSSR count). The number of nitrogens with one attached hydrogen (secondary N) is 1. The van der Waals surface area contributed by atoms with Crippen molar-refractivity contribution in [2.24, 2.45) is 0 Å². The molecule has 4 heteroatoms. The average molecular weight is 203 g/mol. The molecule has 0 spiro atoms. The second-order valence-corrected chi connectivity index (χ2v) is 4.17. The second kappa shape index (κ2) is 6.79. The second-order valence-electron chi connectivity index (χ2n) is 4.17. The van der Waals surface area contributed by atoms with Crippen molar-refractivity contribution in [3.05, 3.63) is 0 Å². The highest BCUT2D eigenvalue weighted by Crippen LogP contribution is 1.97. The Hall–Kier alpha value is -0.610. The van der Waals surface area contributed by atoms with Gasteiger partial charge < -0.3 is 14.8 Å². The number of hydrogen-bond acceptors (Lipinski definition) is 4. The molecule has 0 bridgehead atoms.